The number of anilines is 2. The van der Waals surface area contributed by atoms with Gasteiger partial charge >= 0.3 is 0 Å². The molecule has 0 aliphatic carbocycles. The molecule has 4 nitrogen and oxygen atoms in total. The van der Waals surface area contributed by atoms with Crippen molar-refractivity contribution in [3.8, 4) is 5.88 Å². The quantitative estimate of drug-likeness (QED) is 0.907. The fraction of sp³-hybridized carbons (Fsp3) is 0.667. The monoisotopic (exact) mass is 263 g/mol. The highest BCUT2D eigenvalue weighted by Gasteiger charge is 2.27. The molecule has 2 heterocycles. The first kappa shape index (κ1) is 14.0. The molecule has 0 aromatic carbocycles. The Morgan fingerprint density at radius 2 is 2.16 bits per heavy atom. The largest absolute Gasteiger partial charge is 0.476 e. The van der Waals surface area contributed by atoms with E-state index < -0.39 is 0 Å². The number of ether oxygens (including phenoxy) is 1. The lowest BCUT2D eigenvalue weighted by molar-refractivity contribution is 0.263. The lowest BCUT2D eigenvalue weighted by Crippen LogP contribution is -2.27. The lowest BCUT2D eigenvalue weighted by atomic mass is 10.1. The molecule has 2 unspecified atom stereocenters. The van der Waals surface area contributed by atoms with E-state index >= 15 is 0 Å². The normalized spacial score (nSPS) is 23.1. The maximum absolute atomic E-state index is 5.93. The average molecular weight is 263 g/mol. The van der Waals surface area contributed by atoms with E-state index in [1.807, 2.05) is 12.1 Å². The molecule has 2 rings (SSSR count). The number of nitrogens with zero attached hydrogens (tertiary/aromatic N) is 2. The fourth-order valence-electron chi connectivity index (χ4n) is 2.58. The summed E-state index contributed by atoms with van der Waals surface area (Å²) in [4.78, 5) is 6.93. The Morgan fingerprint density at radius 1 is 1.42 bits per heavy atom. The summed E-state index contributed by atoms with van der Waals surface area (Å²) in [5, 5.41) is 0. The molecule has 0 saturated carbocycles. The summed E-state index contributed by atoms with van der Waals surface area (Å²) in [5.41, 5.74) is 6.55. The highest BCUT2D eigenvalue weighted by molar-refractivity contribution is 5.55. The summed E-state index contributed by atoms with van der Waals surface area (Å²) in [6, 6.07) is 4.42. The van der Waals surface area contributed by atoms with Crippen LogP contribution in [0.15, 0.2) is 12.1 Å². The van der Waals surface area contributed by atoms with Gasteiger partial charge in [-0.15, -0.1) is 0 Å². The zero-order chi connectivity index (χ0) is 14.0. The topological polar surface area (TPSA) is 51.4 Å². The second-order valence-electron chi connectivity index (χ2n) is 6.11. The van der Waals surface area contributed by atoms with Gasteiger partial charge in [0.2, 0.25) is 5.88 Å². The minimum atomic E-state index is 0.468. The van der Waals surface area contributed by atoms with Gasteiger partial charge in [0.1, 0.15) is 5.82 Å². The maximum Gasteiger partial charge on any atom is 0.239 e. The Bertz CT molecular complexity index is 433. The predicted molar refractivity (Wildman–Crippen MR) is 79.6 cm³/mol. The summed E-state index contributed by atoms with van der Waals surface area (Å²) in [6.07, 6.45) is 1.22. The van der Waals surface area contributed by atoms with Crippen molar-refractivity contribution in [2.45, 2.75) is 40.2 Å². The van der Waals surface area contributed by atoms with E-state index in [4.69, 9.17) is 10.5 Å². The van der Waals surface area contributed by atoms with Crippen LogP contribution in [0.25, 0.3) is 0 Å². The Labute approximate surface area is 116 Å². The van der Waals surface area contributed by atoms with E-state index in [9.17, 15) is 0 Å². The first-order valence-electron chi connectivity index (χ1n) is 7.13. The zero-order valence-electron chi connectivity index (χ0n) is 12.4. The van der Waals surface area contributed by atoms with Crippen LogP contribution in [0.2, 0.25) is 0 Å². The third-order valence-electron chi connectivity index (χ3n) is 3.51. The van der Waals surface area contributed by atoms with Crippen LogP contribution in [-0.4, -0.2) is 24.2 Å². The van der Waals surface area contributed by atoms with E-state index in [0.29, 0.717) is 30.1 Å². The van der Waals surface area contributed by atoms with Gasteiger partial charge in [-0.05, 0) is 37.3 Å². The number of aromatic nitrogens is 1. The van der Waals surface area contributed by atoms with Crippen LogP contribution in [0, 0.1) is 11.8 Å². The second kappa shape index (κ2) is 5.68. The summed E-state index contributed by atoms with van der Waals surface area (Å²) >= 11 is 0. The molecule has 0 spiro atoms. The molecule has 0 bridgehead atoms. The smallest absolute Gasteiger partial charge is 0.239 e. The van der Waals surface area contributed by atoms with Crippen LogP contribution in [0.4, 0.5) is 11.5 Å². The minimum absolute atomic E-state index is 0.468. The van der Waals surface area contributed by atoms with Crippen molar-refractivity contribution in [1.82, 2.24) is 4.98 Å². The van der Waals surface area contributed by atoms with Gasteiger partial charge in [-0.2, -0.15) is 4.98 Å². The SMILES string of the molecule is CC(C)COc1nc(N2CC(C)CC2C)ccc1N. The fourth-order valence-corrected chi connectivity index (χ4v) is 2.58. The summed E-state index contributed by atoms with van der Waals surface area (Å²) in [6.45, 7) is 10.5. The van der Waals surface area contributed by atoms with Gasteiger partial charge in [0, 0.05) is 12.6 Å². The molecule has 0 radical (unpaired) electrons. The van der Waals surface area contributed by atoms with Crippen LogP contribution in [-0.2, 0) is 0 Å². The molecule has 1 saturated heterocycles. The number of hydrogen-bond acceptors (Lipinski definition) is 4. The number of hydrogen-bond donors (Lipinski definition) is 1. The van der Waals surface area contributed by atoms with Crippen molar-refractivity contribution in [2.75, 3.05) is 23.8 Å². The Balaban J connectivity index is 2.16. The van der Waals surface area contributed by atoms with Gasteiger partial charge in [-0.25, -0.2) is 0 Å². The number of rotatable bonds is 4. The average Bonchev–Trinajstić information content (AvgIpc) is 2.67. The van der Waals surface area contributed by atoms with Crippen LogP contribution in [0.1, 0.15) is 34.1 Å². The summed E-state index contributed by atoms with van der Waals surface area (Å²) in [5.74, 6) is 2.73. The summed E-state index contributed by atoms with van der Waals surface area (Å²) in [7, 11) is 0. The third kappa shape index (κ3) is 3.31. The van der Waals surface area contributed by atoms with Crippen LogP contribution < -0.4 is 15.4 Å². The zero-order valence-corrected chi connectivity index (χ0v) is 12.4. The Kier molecular flexibility index (Phi) is 4.17. The van der Waals surface area contributed by atoms with Gasteiger partial charge in [-0.3, -0.25) is 0 Å². The Morgan fingerprint density at radius 3 is 2.74 bits per heavy atom. The van der Waals surface area contributed by atoms with E-state index in [1.54, 1.807) is 0 Å². The highest BCUT2D eigenvalue weighted by atomic mass is 16.5. The molecule has 4 heteroatoms. The standard InChI is InChI=1S/C15H25N3O/c1-10(2)9-19-15-13(16)5-6-14(17-15)18-8-11(3)7-12(18)4/h5-6,10-12H,7-9,16H2,1-4H3. The van der Waals surface area contributed by atoms with Gasteiger partial charge < -0.3 is 15.4 Å². The molecule has 2 atom stereocenters. The van der Waals surface area contributed by atoms with Gasteiger partial charge in [0.05, 0.1) is 12.3 Å². The highest BCUT2D eigenvalue weighted by Crippen LogP contribution is 2.30. The maximum atomic E-state index is 5.93. The molecular formula is C15H25N3O. The molecule has 1 fully saturated rings. The number of nitrogens with two attached hydrogens (primary N) is 1. The van der Waals surface area contributed by atoms with Crippen molar-refractivity contribution < 1.29 is 4.74 Å². The van der Waals surface area contributed by atoms with E-state index in [1.165, 1.54) is 6.42 Å². The van der Waals surface area contributed by atoms with Gasteiger partial charge in [0.15, 0.2) is 0 Å². The van der Waals surface area contributed by atoms with E-state index in [-0.39, 0.29) is 0 Å². The molecule has 1 aromatic rings. The molecule has 106 valence electrons. The first-order valence-corrected chi connectivity index (χ1v) is 7.13. The van der Waals surface area contributed by atoms with E-state index in [2.05, 4.69) is 37.6 Å². The molecule has 0 amide bonds. The van der Waals surface area contributed by atoms with Crippen molar-refractivity contribution in [3.05, 3.63) is 12.1 Å². The molecule has 2 N–H and O–H groups in total. The second-order valence-corrected chi connectivity index (χ2v) is 6.11. The van der Waals surface area contributed by atoms with Crippen molar-refractivity contribution in [3.63, 3.8) is 0 Å². The molecule has 1 aliphatic rings. The van der Waals surface area contributed by atoms with Crippen molar-refractivity contribution >= 4 is 11.5 Å². The lowest BCUT2D eigenvalue weighted by Gasteiger charge is -2.23. The Hall–Kier alpha value is -1.45. The van der Waals surface area contributed by atoms with Gasteiger partial charge in [0.25, 0.3) is 0 Å². The third-order valence-corrected chi connectivity index (χ3v) is 3.51. The first-order chi connectivity index (χ1) is 8.97. The molecule has 19 heavy (non-hydrogen) atoms. The van der Waals surface area contributed by atoms with Crippen molar-refractivity contribution in [1.29, 1.82) is 0 Å². The summed E-state index contributed by atoms with van der Waals surface area (Å²) < 4.78 is 5.70. The van der Waals surface area contributed by atoms with Crippen LogP contribution in [0.5, 0.6) is 5.88 Å². The molecule has 1 aliphatic heterocycles. The van der Waals surface area contributed by atoms with Crippen molar-refractivity contribution in [2.24, 2.45) is 11.8 Å². The van der Waals surface area contributed by atoms with Crippen LogP contribution >= 0.6 is 0 Å². The molecule has 1 aromatic heterocycles. The number of pyridine rings is 1. The van der Waals surface area contributed by atoms with Crippen LogP contribution in [0.3, 0.4) is 0 Å². The number of nitrogen functional groups attached to an aromatic ring is 1. The minimum Gasteiger partial charge on any atom is -0.476 e. The molecular weight excluding hydrogens is 238 g/mol. The predicted octanol–water partition coefficient (Wildman–Crippen LogP) is 2.93. The van der Waals surface area contributed by atoms with E-state index in [0.717, 1.165) is 18.3 Å². The van der Waals surface area contributed by atoms with Gasteiger partial charge in [-0.1, -0.05) is 20.8 Å².